The maximum Gasteiger partial charge on any atom is 0.360 e. The normalized spacial score (nSPS) is 39.8. The Labute approximate surface area is 194 Å². The van der Waals surface area contributed by atoms with Gasteiger partial charge in [0.05, 0.1) is 11.0 Å². The van der Waals surface area contributed by atoms with E-state index in [1.165, 1.54) is 44.9 Å². The van der Waals surface area contributed by atoms with Gasteiger partial charge in [0.1, 0.15) is 0 Å². The molecule has 174 valence electrons. The second-order valence-electron chi connectivity index (χ2n) is 11.6. The molecule has 1 unspecified atom stereocenters. The quantitative estimate of drug-likeness (QED) is 0.758. The van der Waals surface area contributed by atoms with Crippen molar-refractivity contribution in [3.63, 3.8) is 0 Å². The molecule has 0 radical (unpaired) electrons. The van der Waals surface area contributed by atoms with Gasteiger partial charge in [-0.2, -0.15) is 0 Å². The van der Waals surface area contributed by atoms with Crippen molar-refractivity contribution in [3.8, 4) is 0 Å². The summed E-state index contributed by atoms with van der Waals surface area (Å²) < 4.78 is 1.82. The number of carboxylic acid groups (broad SMARTS) is 1. The fourth-order valence-corrected chi connectivity index (χ4v) is 9.24. The van der Waals surface area contributed by atoms with Crippen LogP contribution < -0.4 is 5.56 Å². The lowest BCUT2D eigenvalue weighted by Gasteiger charge is -2.60. The van der Waals surface area contributed by atoms with E-state index in [4.69, 9.17) is 0 Å². The number of nitrogens with zero attached hydrogens (tertiary/aromatic N) is 3. The highest BCUT2D eigenvalue weighted by atomic mass is 16.4. The van der Waals surface area contributed by atoms with E-state index in [0.717, 1.165) is 54.6 Å². The van der Waals surface area contributed by atoms with E-state index in [-0.39, 0.29) is 11.7 Å². The van der Waals surface area contributed by atoms with Crippen molar-refractivity contribution in [3.05, 3.63) is 40.3 Å². The number of aromatic nitrogens is 2. The Hall–Kier alpha value is -2.21. The van der Waals surface area contributed by atoms with Gasteiger partial charge in [-0.1, -0.05) is 18.6 Å². The van der Waals surface area contributed by atoms with Crippen LogP contribution in [0.2, 0.25) is 0 Å². The first-order valence-electron chi connectivity index (χ1n) is 13.1. The predicted octanol–water partition coefficient (Wildman–Crippen LogP) is 4.33. The molecule has 6 fully saturated rings. The summed E-state index contributed by atoms with van der Waals surface area (Å²) in [6.45, 7) is 1.03. The zero-order valence-electron chi connectivity index (χ0n) is 19.1. The molecule has 33 heavy (non-hydrogen) atoms. The molecule has 2 heterocycles. The third-order valence-electron chi connectivity index (χ3n) is 10.0. The lowest BCUT2D eigenvalue weighted by molar-refractivity contribution is -0.0978. The molecule has 2 aromatic rings. The van der Waals surface area contributed by atoms with Crippen LogP contribution in [0.5, 0.6) is 0 Å². The van der Waals surface area contributed by atoms with Gasteiger partial charge in [-0.05, 0) is 93.1 Å². The summed E-state index contributed by atoms with van der Waals surface area (Å²) in [6, 6.07) is 8.88. The summed E-state index contributed by atoms with van der Waals surface area (Å²) in [6.07, 6.45) is 11.7. The first-order valence-corrected chi connectivity index (χ1v) is 13.1. The first kappa shape index (κ1) is 20.2. The van der Waals surface area contributed by atoms with E-state index < -0.39 is 11.5 Å². The number of carbonyl (C=O) groups is 1. The molecule has 1 aromatic carbocycles. The van der Waals surface area contributed by atoms with Crippen LogP contribution in [-0.4, -0.2) is 44.2 Å². The summed E-state index contributed by atoms with van der Waals surface area (Å²) in [5, 5.41) is 9.68. The van der Waals surface area contributed by atoms with Crippen molar-refractivity contribution >= 4 is 17.0 Å². The molecule has 4 bridgehead atoms. The number of hydrogen-bond donors (Lipinski definition) is 1. The number of fused-ring (bicyclic) bond motifs is 2. The van der Waals surface area contributed by atoms with Crippen LogP contribution >= 0.6 is 0 Å². The van der Waals surface area contributed by atoms with Gasteiger partial charge in [0.25, 0.3) is 5.56 Å². The van der Waals surface area contributed by atoms with Gasteiger partial charge in [-0.3, -0.25) is 9.69 Å². The highest BCUT2D eigenvalue weighted by Crippen LogP contribution is 2.57. The largest absolute Gasteiger partial charge is 0.476 e. The third kappa shape index (κ3) is 2.99. The van der Waals surface area contributed by atoms with E-state index in [1.54, 1.807) is 0 Å². The summed E-state index contributed by atoms with van der Waals surface area (Å²) >= 11 is 0. The van der Waals surface area contributed by atoms with Gasteiger partial charge in [-0.25, -0.2) is 9.78 Å². The molecule has 6 aliphatic rings. The standard InChI is InChI=1S/C27H33N3O3/c31-26-24(27(32)33)28-20-5-1-2-6-23(20)30(26)22-8-9-29(21-7-3-4-19(21)22)25-17-11-15-10-16(13-17)14-18(25)12-15/h1-2,5-6,15-19,21-22,25H,3-4,7-14H2,(H,32,33)/t15?,16?,17?,18?,19?,21-,22-,25?/m1/s1. The zero-order valence-corrected chi connectivity index (χ0v) is 19.1. The van der Waals surface area contributed by atoms with Crippen LogP contribution in [0.1, 0.15) is 74.3 Å². The van der Waals surface area contributed by atoms with Crippen molar-refractivity contribution in [2.45, 2.75) is 75.9 Å². The molecule has 1 aromatic heterocycles. The lowest BCUT2D eigenvalue weighted by atomic mass is 9.53. The molecule has 1 saturated heterocycles. The SMILES string of the molecule is O=C(O)c1nc2ccccc2n([C@@H]2CCN(C3C4CC5CC(C4)CC3C5)[C@@H]3CCCC32)c1=O. The Balaban J connectivity index is 1.27. The number of piperidine rings is 1. The van der Waals surface area contributed by atoms with E-state index >= 15 is 0 Å². The van der Waals surface area contributed by atoms with Gasteiger partial charge < -0.3 is 9.67 Å². The maximum absolute atomic E-state index is 13.4. The van der Waals surface area contributed by atoms with Crippen molar-refractivity contribution < 1.29 is 9.90 Å². The van der Waals surface area contributed by atoms with E-state index in [9.17, 15) is 14.7 Å². The fraction of sp³-hybridized carbons (Fsp3) is 0.667. The molecule has 6 nitrogen and oxygen atoms in total. The number of hydrogen-bond acceptors (Lipinski definition) is 4. The lowest BCUT2D eigenvalue weighted by Crippen LogP contribution is -2.61. The molecule has 5 aliphatic carbocycles. The number of likely N-dealkylation sites (tertiary alicyclic amines) is 1. The van der Waals surface area contributed by atoms with Crippen LogP contribution in [0, 0.1) is 29.6 Å². The van der Waals surface area contributed by atoms with E-state index in [1.807, 2.05) is 28.8 Å². The van der Waals surface area contributed by atoms with Gasteiger partial charge in [-0.15, -0.1) is 0 Å². The summed E-state index contributed by atoms with van der Waals surface area (Å²) in [7, 11) is 0. The number of benzene rings is 1. The molecule has 5 saturated carbocycles. The average Bonchev–Trinajstić information content (AvgIpc) is 3.29. The Morgan fingerprint density at radius 3 is 2.39 bits per heavy atom. The van der Waals surface area contributed by atoms with E-state index in [2.05, 4.69) is 9.88 Å². The smallest absolute Gasteiger partial charge is 0.360 e. The van der Waals surface area contributed by atoms with Crippen molar-refractivity contribution in [1.82, 2.24) is 14.5 Å². The Kier molecular flexibility index (Phi) is 4.52. The summed E-state index contributed by atoms with van der Waals surface area (Å²) in [4.78, 5) is 32.4. The molecule has 0 spiro atoms. The fourth-order valence-electron chi connectivity index (χ4n) is 9.24. The van der Waals surface area contributed by atoms with Crippen molar-refractivity contribution in [1.29, 1.82) is 0 Å². The molecule has 1 aliphatic heterocycles. The number of para-hydroxylation sites is 2. The van der Waals surface area contributed by atoms with Gasteiger partial charge in [0.2, 0.25) is 5.69 Å². The summed E-state index contributed by atoms with van der Waals surface area (Å²) in [5.41, 5.74) is 0.616. The molecule has 0 amide bonds. The van der Waals surface area contributed by atoms with Gasteiger partial charge in [0, 0.05) is 24.7 Å². The van der Waals surface area contributed by atoms with Crippen LogP contribution in [0.4, 0.5) is 0 Å². The van der Waals surface area contributed by atoms with Crippen LogP contribution in [-0.2, 0) is 0 Å². The highest BCUT2D eigenvalue weighted by molar-refractivity contribution is 5.88. The second kappa shape index (κ2) is 7.39. The summed E-state index contributed by atoms with van der Waals surface area (Å²) in [5.74, 6) is 2.91. The molecule has 8 rings (SSSR count). The molecule has 1 N–H and O–H groups in total. The highest BCUT2D eigenvalue weighted by Gasteiger charge is 2.54. The van der Waals surface area contributed by atoms with Crippen molar-refractivity contribution in [2.75, 3.05) is 6.54 Å². The van der Waals surface area contributed by atoms with Gasteiger partial charge >= 0.3 is 5.97 Å². The Bertz CT molecular complexity index is 1140. The third-order valence-corrected chi connectivity index (χ3v) is 10.0. The van der Waals surface area contributed by atoms with Crippen LogP contribution in [0.3, 0.4) is 0 Å². The molecular weight excluding hydrogens is 414 g/mol. The zero-order chi connectivity index (χ0) is 22.3. The van der Waals surface area contributed by atoms with E-state index in [0.29, 0.717) is 17.5 Å². The molecule has 6 heteroatoms. The Morgan fingerprint density at radius 1 is 0.939 bits per heavy atom. The minimum atomic E-state index is -1.23. The number of rotatable bonds is 3. The monoisotopic (exact) mass is 447 g/mol. The minimum Gasteiger partial charge on any atom is -0.476 e. The number of aromatic carboxylic acids is 1. The second-order valence-corrected chi connectivity index (χ2v) is 11.6. The molecular formula is C27H33N3O3. The van der Waals surface area contributed by atoms with Crippen LogP contribution in [0.15, 0.2) is 29.1 Å². The topological polar surface area (TPSA) is 75.4 Å². The Morgan fingerprint density at radius 2 is 1.67 bits per heavy atom. The number of carboxylic acids is 1. The van der Waals surface area contributed by atoms with Crippen LogP contribution in [0.25, 0.3) is 11.0 Å². The maximum atomic E-state index is 13.4. The van der Waals surface area contributed by atoms with Gasteiger partial charge in [0.15, 0.2) is 0 Å². The first-order chi connectivity index (χ1) is 16.1. The molecule has 3 atom stereocenters. The minimum absolute atomic E-state index is 0.0593. The predicted molar refractivity (Wildman–Crippen MR) is 125 cm³/mol. The van der Waals surface area contributed by atoms with Crippen molar-refractivity contribution in [2.24, 2.45) is 29.6 Å². The average molecular weight is 448 g/mol.